The monoisotopic (exact) mass is 642 g/mol. The van der Waals surface area contributed by atoms with Crippen LogP contribution in [0.25, 0.3) is 0 Å². The molecule has 190 valence electrons. The Balaban J connectivity index is 0. The first-order valence-electron chi connectivity index (χ1n) is 5.99. The Labute approximate surface area is 175 Å². The van der Waals surface area contributed by atoms with E-state index in [-0.39, 0.29) is 28.8 Å². The van der Waals surface area contributed by atoms with Gasteiger partial charge >= 0.3 is 47.0 Å². The van der Waals surface area contributed by atoms with Crippen molar-refractivity contribution in [3.8, 4) is 0 Å². The largest absolute Gasteiger partial charge is 0.460 e. The molecule has 0 amide bonds. The zero-order valence-corrected chi connectivity index (χ0v) is 16.3. The molecule has 0 aromatic carbocycles. The predicted octanol–water partition coefficient (Wildman–Crippen LogP) is 4.36. The second kappa shape index (κ2) is 8.02. The maximum atomic E-state index is 13.2. The average Bonchev–Trinajstić information content (AvgIpc) is 2.52. The van der Waals surface area contributed by atoms with Gasteiger partial charge in [0.1, 0.15) is 0 Å². The van der Waals surface area contributed by atoms with Gasteiger partial charge in [0, 0.05) is 0 Å². The van der Waals surface area contributed by atoms with E-state index in [0.29, 0.717) is 0 Å². The second-order valence-corrected chi connectivity index (χ2v) is 6.84. The molecule has 0 heterocycles. The molecule has 4 nitrogen and oxygen atoms in total. The van der Waals surface area contributed by atoms with Gasteiger partial charge < -0.3 is 0 Å². The van der Waals surface area contributed by atoms with E-state index in [0.717, 1.165) is 0 Å². The van der Waals surface area contributed by atoms with Gasteiger partial charge in [0.05, 0.1) is 0 Å². The molecular weight excluding hydrogens is 638 g/mol. The summed E-state index contributed by atoms with van der Waals surface area (Å²) >= 11 is 0. The summed E-state index contributed by atoms with van der Waals surface area (Å²) in [5, 5.41) is -7.63. The lowest BCUT2D eigenvalue weighted by atomic mass is 9.91. The van der Waals surface area contributed by atoms with Crippen LogP contribution >= 0.6 is 24.0 Å². The van der Waals surface area contributed by atoms with Crippen LogP contribution < -0.4 is 10.7 Å². The van der Waals surface area contributed by atoms with Crippen LogP contribution in [0.4, 0.5) is 74.6 Å². The maximum Gasteiger partial charge on any atom is 0.460 e. The third-order valence-electron chi connectivity index (χ3n) is 3.19. The van der Waals surface area contributed by atoms with E-state index in [1.54, 1.807) is 0 Å². The highest BCUT2D eigenvalue weighted by atomic mass is 127. The molecule has 3 N–H and O–H groups in total. The van der Waals surface area contributed by atoms with E-state index in [1.807, 2.05) is 0 Å². The summed E-state index contributed by atoms with van der Waals surface area (Å²) in [6, 6.07) is 0. The van der Waals surface area contributed by atoms with Gasteiger partial charge in [0.15, 0.2) is 0 Å². The van der Waals surface area contributed by atoms with Crippen molar-refractivity contribution < 1.29 is 83.1 Å². The fourth-order valence-corrected chi connectivity index (χ4v) is 2.01. The van der Waals surface area contributed by atoms with Gasteiger partial charge in [0.2, 0.25) is 0 Å². The lowest BCUT2D eigenvalue weighted by Gasteiger charge is -2.42. The number of hydrogen-bond acceptors (Lipinski definition) is 3. The van der Waals surface area contributed by atoms with Crippen LogP contribution in [0.15, 0.2) is 0 Å². The fraction of sp³-hybridized carbons (Fsp3) is 1.00. The van der Waals surface area contributed by atoms with Crippen molar-refractivity contribution in [2.75, 3.05) is 0 Å². The molecule has 0 spiro atoms. The third-order valence-corrected chi connectivity index (χ3v) is 4.43. The number of rotatable bonds is 8. The van der Waals surface area contributed by atoms with Gasteiger partial charge in [-0.15, -0.1) is 28.8 Å². The molecular formula is C8H4F17IN2O2S. The number of hydrogen-bond donors (Lipinski definition) is 2. The van der Waals surface area contributed by atoms with Crippen molar-refractivity contribution in [2.45, 2.75) is 47.0 Å². The summed E-state index contributed by atoms with van der Waals surface area (Å²) in [5.74, 6) is -48.0. The van der Waals surface area contributed by atoms with Crippen LogP contribution in [0.1, 0.15) is 0 Å². The molecule has 0 aliphatic heterocycles. The standard InChI is InChI=1S/C8H3F17N2O2S.HI/c9-1(10,3(13,14)5(17,18)7(21,22)23)2(11,12)4(15,16)6(19,20)8(24,25)30(28,29)27-26;/h27H,26H2;1H. The highest BCUT2D eigenvalue weighted by molar-refractivity contribution is 14.0. The fourth-order valence-electron chi connectivity index (χ4n) is 1.39. The Morgan fingerprint density at radius 3 is 0.935 bits per heavy atom. The van der Waals surface area contributed by atoms with Crippen LogP contribution in [0.2, 0.25) is 0 Å². The summed E-state index contributed by atoms with van der Waals surface area (Å²) in [6.07, 6.45) is -7.87. The van der Waals surface area contributed by atoms with Crippen molar-refractivity contribution in [1.82, 2.24) is 4.83 Å². The van der Waals surface area contributed by atoms with Crippen molar-refractivity contribution in [1.29, 1.82) is 0 Å². The maximum absolute atomic E-state index is 13.2. The third kappa shape index (κ3) is 3.99. The molecule has 23 heteroatoms. The first-order chi connectivity index (χ1) is 12.6. The molecule has 0 aliphatic carbocycles. The molecule has 0 aromatic rings. The molecule has 31 heavy (non-hydrogen) atoms. The lowest BCUT2D eigenvalue weighted by Crippen LogP contribution is -2.75. The number of nitrogens with one attached hydrogen (secondary N) is 1. The van der Waals surface area contributed by atoms with Gasteiger partial charge in [-0.1, -0.05) is 0 Å². The highest BCUT2D eigenvalue weighted by Gasteiger charge is 2.96. The smallest absolute Gasteiger partial charge is 0.258 e. The summed E-state index contributed by atoms with van der Waals surface area (Å²) in [5.41, 5.74) is 0. The molecule has 0 aliphatic rings. The van der Waals surface area contributed by atoms with Crippen molar-refractivity contribution in [2.24, 2.45) is 5.84 Å². The minimum Gasteiger partial charge on any atom is -0.258 e. The van der Waals surface area contributed by atoms with Crippen molar-refractivity contribution in [3.05, 3.63) is 0 Å². The molecule has 0 unspecified atom stereocenters. The van der Waals surface area contributed by atoms with E-state index in [9.17, 15) is 83.1 Å². The summed E-state index contributed by atoms with van der Waals surface area (Å²) in [7, 11) is -7.36. The minimum atomic E-state index is -8.85. The van der Waals surface area contributed by atoms with E-state index >= 15 is 0 Å². The topological polar surface area (TPSA) is 72.2 Å². The van der Waals surface area contributed by atoms with Gasteiger partial charge in [-0.2, -0.15) is 74.6 Å². The molecule has 0 saturated carbocycles. The molecule has 0 aromatic heterocycles. The molecule has 0 fully saturated rings. The highest BCUT2D eigenvalue weighted by Crippen LogP contribution is 2.64. The number of alkyl halides is 17. The van der Waals surface area contributed by atoms with Gasteiger partial charge in [-0.3, -0.25) is 5.84 Å². The van der Waals surface area contributed by atoms with Crippen LogP contribution in [-0.2, 0) is 10.0 Å². The Kier molecular flexibility index (Phi) is 8.43. The van der Waals surface area contributed by atoms with Gasteiger partial charge in [0.25, 0.3) is 10.0 Å². The minimum absolute atomic E-state index is 0. The Morgan fingerprint density at radius 2 is 0.710 bits per heavy atom. The summed E-state index contributed by atoms with van der Waals surface area (Å²) in [6.45, 7) is 0. The molecule has 0 atom stereocenters. The molecule has 0 bridgehead atoms. The number of sulfonamides is 1. The molecule has 0 radical (unpaired) electrons. The van der Waals surface area contributed by atoms with E-state index in [1.165, 1.54) is 0 Å². The predicted molar refractivity (Wildman–Crippen MR) is 72.3 cm³/mol. The van der Waals surface area contributed by atoms with E-state index in [4.69, 9.17) is 0 Å². The molecule has 0 rings (SSSR count). The number of halogens is 18. The van der Waals surface area contributed by atoms with Crippen molar-refractivity contribution in [3.63, 3.8) is 0 Å². The lowest BCUT2D eigenvalue weighted by molar-refractivity contribution is -0.458. The second-order valence-electron chi connectivity index (χ2n) is 5.08. The number of nitrogens with two attached hydrogens (primary N) is 1. The van der Waals surface area contributed by atoms with Crippen LogP contribution in [0.3, 0.4) is 0 Å². The van der Waals surface area contributed by atoms with Crippen LogP contribution in [0.5, 0.6) is 0 Å². The first-order valence-corrected chi connectivity index (χ1v) is 7.48. The zero-order chi connectivity index (χ0) is 25.2. The van der Waals surface area contributed by atoms with Crippen LogP contribution in [0, 0.1) is 0 Å². The zero-order valence-electron chi connectivity index (χ0n) is 13.1. The van der Waals surface area contributed by atoms with E-state index in [2.05, 4.69) is 5.84 Å². The summed E-state index contributed by atoms with van der Waals surface area (Å²) in [4.78, 5) is -0.316. The van der Waals surface area contributed by atoms with Crippen LogP contribution in [-0.4, -0.2) is 55.4 Å². The average molecular weight is 642 g/mol. The molecule has 0 saturated heterocycles. The quantitative estimate of drug-likeness (QED) is 0.179. The van der Waals surface area contributed by atoms with Gasteiger partial charge in [-0.05, 0) is 0 Å². The van der Waals surface area contributed by atoms with Gasteiger partial charge in [-0.25, -0.2) is 8.42 Å². The van der Waals surface area contributed by atoms with Crippen molar-refractivity contribution >= 4 is 34.0 Å². The Bertz CT molecular complexity index is 761. The first kappa shape index (κ1) is 32.6. The Morgan fingerprint density at radius 1 is 0.484 bits per heavy atom. The SMILES string of the molecule is I.NNS(=O)(=O)C(F)(F)C(F)(F)C(F)(F)C(F)(F)C(F)(F)C(F)(F)C(F)(F)C(F)(F)F. The number of hydrazine groups is 1. The summed E-state index contributed by atoms with van der Waals surface area (Å²) < 4.78 is 239. The van der Waals surface area contributed by atoms with E-state index < -0.39 is 57.0 Å². The Hall–Kier alpha value is -0.590. The normalized spacial score (nSPS) is 16.2.